The van der Waals surface area contributed by atoms with Gasteiger partial charge in [0, 0.05) is 29.3 Å². The Balaban J connectivity index is 1.77. The zero-order chi connectivity index (χ0) is 29.3. The SMILES string of the molecule is Cc1c(-c2ccc(S(=O)(=O)NCP(=O)([O-])Oc3ccc(C#N)c(F)c3)s2)ccc(OCCC[NH3+])c1OCCC[NH3+]. The first-order valence-electron chi connectivity index (χ1n) is 12.3. The summed E-state index contributed by atoms with van der Waals surface area (Å²) in [5.41, 5.74) is 8.85. The number of halogens is 1. The first-order chi connectivity index (χ1) is 19.0. The molecule has 3 rings (SSSR count). The van der Waals surface area contributed by atoms with Crippen LogP contribution in [0.15, 0.2) is 46.7 Å². The second-order valence-corrected chi connectivity index (χ2v) is 13.4. The lowest BCUT2D eigenvalue weighted by Gasteiger charge is -2.24. The number of nitrogens with one attached hydrogen (secondary N) is 1. The van der Waals surface area contributed by atoms with Crippen molar-refractivity contribution < 1.29 is 47.7 Å². The van der Waals surface area contributed by atoms with Crippen LogP contribution in [0.2, 0.25) is 0 Å². The van der Waals surface area contributed by atoms with Crippen LogP contribution in [0.25, 0.3) is 10.4 Å². The van der Waals surface area contributed by atoms with Gasteiger partial charge in [-0.1, -0.05) is 0 Å². The highest BCUT2D eigenvalue weighted by atomic mass is 32.2. The van der Waals surface area contributed by atoms with Crippen molar-refractivity contribution in [2.45, 2.75) is 24.0 Å². The monoisotopic (exact) mass is 613 g/mol. The molecule has 1 aromatic heterocycles. The minimum atomic E-state index is -4.80. The van der Waals surface area contributed by atoms with Crippen molar-refractivity contribution in [1.29, 1.82) is 5.26 Å². The van der Waals surface area contributed by atoms with Crippen molar-refractivity contribution in [3.8, 4) is 33.8 Å². The number of hydrogen-bond donors (Lipinski definition) is 3. The van der Waals surface area contributed by atoms with Crippen molar-refractivity contribution in [2.24, 2.45) is 0 Å². The molecule has 0 radical (unpaired) electrons. The molecule has 0 saturated carbocycles. The number of rotatable bonds is 15. The Morgan fingerprint density at radius 1 is 1.10 bits per heavy atom. The van der Waals surface area contributed by atoms with Crippen LogP contribution in [0.3, 0.4) is 0 Å². The van der Waals surface area contributed by atoms with Gasteiger partial charge in [-0.15, -0.1) is 11.3 Å². The number of nitriles is 1. The molecule has 0 aliphatic rings. The highest BCUT2D eigenvalue weighted by Gasteiger charge is 2.23. The largest absolute Gasteiger partial charge is 0.768 e. The summed E-state index contributed by atoms with van der Waals surface area (Å²) in [5, 5.41) is 8.78. The van der Waals surface area contributed by atoms with E-state index >= 15 is 0 Å². The summed E-state index contributed by atoms with van der Waals surface area (Å²) in [6, 6.07) is 11.1. The maximum Gasteiger partial charge on any atom is 0.250 e. The van der Waals surface area contributed by atoms with Gasteiger partial charge >= 0.3 is 0 Å². The normalized spacial score (nSPS) is 12.9. The van der Waals surface area contributed by atoms with E-state index in [9.17, 15) is 22.3 Å². The minimum Gasteiger partial charge on any atom is -0.768 e. The fourth-order valence-corrected chi connectivity index (χ4v) is 7.37. The van der Waals surface area contributed by atoms with Crippen molar-refractivity contribution in [2.75, 3.05) is 32.6 Å². The van der Waals surface area contributed by atoms with Crippen LogP contribution < -0.4 is 35.1 Å². The molecule has 11 nitrogen and oxygen atoms in total. The van der Waals surface area contributed by atoms with E-state index in [2.05, 4.69) is 11.5 Å². The molecule has 0 amide bonds. The van der Waals surface area contributed by atoms with Gasteiger partial charge < -0.3 is 30.4 Å². The smallest absolute Gasteiger partial charge is 0.250 e. The van der Waals surface area contributed by atoms with Crippen molar-refractivity contribution in [3.63, 3.8) is 0 Å². The second-order valence-electron chi connectivity index (χ2n) is 8.56. The molecule has 15 heteroatoms. The van der Waals surface area contributed by atoms with E-state index in [4.69, 9.17) is 19.3 Å². The number of thiophene rings is 1. The quantitative estimate of drug-likeness (QED) is 0.170. The van der Waals surface area contributed by atoms with Gasteiger partial charge in [-0.2, -0.15) is 5.26 Å². The van der Waals surface area contributed by atoms with Gasteiger partial charge in [0.2, 0.25) is 0 Å². The third-order valence-electron chi connectivity index (χ3n) is 5.53. The predicted molar refractivity (Wildman–Crippen MR) is 145 cm³/mol. The third kappa shape index (κ3) is 8.25. The van der Waals surface area contributed by atoms with Crippen LogP contribution in [0.1, 0.15) is 24.0 Å². The predicted octanol–water partition coefficient (Wildman–Crippen LogP) is 1.62. The van der Waals surface area contributed by atoms with E-state index in [0.717, 1.165) is 60.0 Å². The standard InChI is InChI=1S/C25H30FN4O7PS2/c1-17-20(6-7-22(35-12-2-10-27)25(17)36-13-3-11-28)23-8-9-24(39-23)40(33,34)30-16-38(31,32)37-19-5-4-18(15-29)21(26)14-19/h4-9,14,30H,2-3,10-13,16,27-28H2,1H3,(H,31,32)/p+1. The molecule has 0 fully saturated rings. The Bertz CT molecular complexity index is 1530. The number of sulfonamides is 1. The van der Waals surface area contributed by atoms with Gasteiger partial charge in [-0.25, -0.2) is 17.5 Å². The summed E-state index contributed by atoms with van der Waals surface area (Å²) in [6.07, 6.45) is 0.471. The topological polar surface area (TPSA) is 193 Å². The zero-order valence-corrected chi connectivity index (χ0v) is 24.4. The maximum absolute atomic E-state index is 13.8. The fourth-order valence-electron chi connectivity index (χ4n) is 3.47. The van der Waals surface area contributed by atoms with Gasteiger partial charge in [-0.05, 0) is 48.9 Å². The molecule has 0 aliphatic carbocycles. The minimum absolute atomic E-state index is 0.110. The molecule has 1 atom stereocenters. The van der Waals surface area contributed by atoms with Gasteiger partial charge in [0.25, 0.3) is 10.0 Å². The summed E-state index contributed by atoms with van der Waals surface area (Å²) in [4.78, 5) is 13.0. The molecule has 0 saturated heterocycles. The number of nitrogens with zero attached hydrogens (tertiary/aromatic N) is 1. The summed E-state index contributed by atoms with van der Waals surface area (Å²) in [5.74, 6) is -0.196. The molecule has 3 aromatic rings. The van der Waals surface area contributed by atoms with Crippen LogP contribution in [0.5, 0.6) is 17.2 Å². The molecule has 2 aromatic carbocycles. The van der Waals surface area contributed by atoms with Gasteiger partial charge in [0.05, 0.1) is 38.2 Å². The molecule has 216 valence electrons. The molecule has 0 spiro atoms. The molecule has 1 unspecified atom stereocenters. The second kappa shape index (κ2) is 14.0. The zero-order valence-electron chi connectivity index (χ0n) is 21.9. The first-order valence-corrected chi connectivity index (χ1v) is 16.3. The number of hydrogen-bond acceptors (Lipinski definition) is 9. The average molecular weight is 614 g/mol. The van der Waals surface area contributed by atoms with Crippen molar-refractivity contribution in [1.82, 2.24) is 4.72 Å². The third-order valence-corrected chi connectivity index (χ3v) is 9.79. The molecule has 1 heterocycles. The molecular formula is C25H31FN4O7PS2+. The Morgan fingerprint density at radius 2 is 1.80 bits per heavy atom. The molecule has 0 bridgehead atoms. The van der Waals surface area contributed by atoms with Crippen LogP contribution in [-0.2, 0) is 14.6 Å². The Hall–Kier alpha value is -3.02. The Labute approximate surface area is 236 Å². The van der Waals surface area contributed by atoms with Gasteiger partial charge in [-0.3, -0.25) is 4.57 Å². The van der Waals surface area contributed by atoms with E-state index in [-0.39, 0.29) is 15.5 Å². The van der Waals surface area contributed by atoms with Gasteiger partial charge in [0.1, 0.15) is 21.8 Å². The highest BCUT2D eigenvalue weighted by molar-refractivity contribution is 7.92. The van der Waals surface area contributed by atoms with Crippen molar-refractivity contribution >= 4 is 29.0 Å². The lowest BCUT2D eigenvalue weighted by molar-refractivity contribution is -0.369. The lowest BCUT2D eigenvalue weighted by Crippen LogP contribution is -2.50. The molecular weight excluding hydrogens is 582 g/mol. The first kappa shape index (κ1) is 31.5. The maximum atomic E-state index is 13.8. The molecule has 40 heavy (non-hydrogen) atoms. The van der Waals surface area contributed by atoms with E-state index in [1.54, 1.807) is 18.2 Å². The average Bonchev–Trinajstić information content (AvgIpc) is 3.40. The van der Waals surface area contributed by atoms with Crippen LogP contribution in [-0.4, -0.2) is 41.0 Å². The molecule has 7 N–H and O–H groups in total. The lowest BCUT2D eigenvalue weighted by atomic mass is 10.1. The van der Waals surface area contributed by atoms with E-state index < -0.39 is 29.7 Å². The van der Waals surface area contributed by atoms with Crippen molar-refractivity contribution in [3.05, 3.63) is 59.4 Å². The fraction of sp³-hybridized carbons (Fsp3) is 0.320. The molecule has 0 aliphatic heterocycles. The van der Waals surface area contributed by atoms with E-state index in [1.807, 2.05) is 17.7 Å². The van der Waals surface area contributed by atoms with Gasteiger partial charge in [0.15, 0.2) is 19.1 Å². The summed E-state index contributed by atoms with van der Waals surface area (Å²) < 4.78 is 70.4. The number of quaternary nitrogens is 2. The summed E-state index contributed by atoms with van der Waals surface area (Å²) >= 11 is 0.954. The van der Waals surface area contributed by atoms with Crippen LogP contribution >= 0.6 is 18.9 Å². The van der Waals surface area contributed by atoms with E-state index in [0.29, 0.717) is 36.1 Å². The number of benzene rings is 2. The van der Waals surface area contributed by atoms with E-state index in [1.165, 1.54) is 6.07 Å². The summed E-state index contributed by atoms with van der Waals surface area (Å²) in [6.45, 7) is 4.22. The Morgan fingerprint density at radius 3 is 2.45 bits per heavy atom. The summed E-state index contributed by atoms with van der Waals surface area (Å²) in [7, 11) is -9.02. The Kier molecular flexibility index (Phi) is 11.1. The van der Waals surface area contributed by atoms with Crippen LogP contribution in [0.4, 0.5) is 4.39 Å². The number of ether oxygens (including phenoxy) is 2. The highest BCUT2D eigenvalue weighted by Crippen LogP contribution is 2.42. The van der Waals surface area contributed by atoms with Crippen LogP contribution in [0, 0.1) is 24.1 Å².